The van der Waals surface area contributed by atoms with E-state index in [0.29, 0.717) is 31.1 Å². The van der Waals surface area contributed by atoms with Gasteiger partial charge in [-0.05, 0) is 18.6 Å². The lowest BCUT2D eigenvalue weighted by Gasteiger charge is -2.27. The highest BCUT2D eigenvalue weighted by Crippen LogP contribution is 2.13. The van der Waals surface area contributed by atoms with Crippen molar-refractivity contribution in [1.82, 2.24) is 15.5 Å². The van der Waals surface area contributed by atoms with E-state index in [-0.39, 0.29) is 5.91 Å². The van der Waals surface area contributed by atoms with Crippen LogP contribution in [-0.2, 0) is 17.7 Å². The lowest BCUT2D eigenvalue weighted by Crippen LogP contribution is -2.36. The second kappa shape index (κ2) is 7.92. The number of aromatic nitrogens is 2. The SMILES string of the molecule is CCCc1cc(CNC(=O)c2ccc(N3CCOCC3)nc2)on1. The minimum absolute atomic E-state index is 0.176. The molecule has 1 aliphatic rings. The minimum Gasteiger partial charge on any atom is -0.378 e. The number of aryl methyl sites for hydroxylation is 1. The van der Waals surface area contributed by atoms with Crippen molar-refractivity contribution < 1.29 is 14.1 Å². The summed E-state index contributed by atoms with van der Waals surface area (Å²) in [7, 11) is 0. The Morgan fingerprint density at radius 1 is 1.33 bits per heavy atom. The standard InChI is InChI=1S/C17H22N4O3/c1-2-3-14-10-15(24-20-14)12-19-17(22)13-4-5-16(18-11-13)21-6-8-23-9-7-21/h4-5,10-11H,2-3,6-9,12H2,1H3,(H,19,22). The van der Waals surface area contributed by atoms with Gasteiger partial charge in [-0.1, -0.05) is 18.5 Å². The molecule has 7 heteroatoms. The van der Waals surface area contributed by atoms with Crippen LogP contribution in [0.25, 0.3) is 0 Å². The second-order valence-corrected chi connectivity index (χ2v) is 5.72. The Morgan fingerprint density at radius 2 is 2.17 bits per heavy atom. The first-order chi connectivity index (χ1) is 11.8. The van der Waals surface area contributed by atoms with Gasteiger partial charge in [0.15, 0.2) is 5.76 Å². The Morgan fingerprint density at radius 3 is 2.88 bits per heavy atom. The van der Waals surface area contributed by atoms with Crippen molar-refractivity contribution >= 4 is 11.7 Å². The van der Waals surface area contributed by atoms with Crippen molar-refractivity contribution in [2.75, 3.05) is 31.2 Å². The number of morpholine rings is 1. The van der Waals surface area contributed by atoms with Crippen molar-refractivity contribution in [2.24, 2.45) is 0 Å². The Kier molecular flexibility index (Phi) is 5.43. The number of nitrogens with zero attached hydrogens (tertiary/aromatic N) is 3. The summed E-state index contributed by atoms with van der Waals surface area (Å²) in [5.74, 6) is 1.35. The van der Waals surface area contributed by atoms with E-state index in [4.69, 9.17) is 9.26 Å². The quantitative estimate of drug-likeness (QED) is 0.870. The molecule has 3 rings (SSSR count). The highest BCUT2D eigenvalue weighted by atomic mass is 16.5. The molecule has 0 aromatic carbocycles. The molecule has 0 bridgehead atoms. The molecule has 1 N–H and O–H groups in total. The molecule has 1 fully saturated rings. The fourth-order valence-electron chi connectivity index (χ4n) is 2.58. The van der Waals surface area contributed by atoms with Crippen LogP contribution < -0.4 is 10.2 Å². The lowest BCUT2D eigenvalue weighted by molar-refractivity contribution is 0.0946. The average molecular weight is 330 g/mol. The predicted octanol–water partition coefficient (Wildman–Crippen LogP) is 1.79. The van der Waals surface area contributed by atoms with Crippen molar-refractivity contribution in [3.05, 3.63) is 41.4 Å². The van der Waals surface area contributed by atoms with Gasteiger partial charge < -0.3 is 19.5 Å². The summed E-state index contributed by atoms with van der Waals surface area (Å²) in [6, 6.07) is 5.54. The van der Waals surface area contributed by atoms with E-state index in [1.807, 2.05) is 12.1 Å². The average Bonchev–Trinajstić information content (AvgIpc) is 3.08. The van der Waals surface area contributed by atoms with Gasteiger partial charge in [0, 0.05) is 25.4 Å². The van der Waals surface area contributed by atoms with Gasteiger partial charge in [-0.25, -0.2) is 4.98 Å². The molecule has 0 atom stereocenters. The van der Waals surface area contributed by atoms with Gasteiger partial charge in [-0.2, -0.15) is 0 Å². The van der Waals surface area contributed by atoms with E-state index in [0.717, 1.165) is 37.4 Å². The third kappa shape index (κ3) is 4.11. The van der Waals surface area contributed by atoms with E-state index >= 15 is 0 Å². The third-order valence-electron chi connectivity index (χ3n) is 3.88. The van der Waals surface area contributed by atoms with Gasteiger partial charge in [0.1, 0.15) is 5.82 Å². The number of carbonyl (C=O) groups is 1. The first kappa shape index (κ1) is 16.4. The van der Waals surface area contributed by atoms with Crippen molar-refractivity contribution in [3.63, 3.8) is 0 Å². The number of anilines is 1. The van der Waals surface area contributed by atoms with Crippen LogP contribution in [0, 0.1) is 0 Å². The fourth-order valence-corrected chi connectivity index (χ4v) is 2.58. The molecule has 0 saturated carbocycles. The fraction of sp³-hybridized carbons (Fsp3) is 0.471. The highest BCUT2D eigenvalue weighted by molar-refractivity contribution is 5.93. The number of carbonyl (C=O) groups excluding carboxylic acids is 1. The first-order valence-electron chi connectivity index (χ1n) is 8.27. The molecule has 2 aromatic rings. The molecule has 7 nitrogen and oxygen atoms in total. The Balaban J connectivity index is 1.54. The molecule has 0 unspecified atom stereocenters. The molecule has 1 aliphatic heterocycles. The van der Waals surface area contributed by atoms with E-state index in [2.05, 4.69) is 27.3 Å². The van der Waals surface area contributed by atoms with Crippen LogP contribution in [0.4, 0.5) is 5.82 Å². The van der Waals surface area contributed by atoms with Gasteiger partial charge in [-0.15, -0.1) is 0 Å². The van der Waals surface area contributed by atoms with Gasteiger partial charge >= 0.3 is 0 Å². The van der Waals surface area contributed by atoms with Crippen LogP contribution in [-0.4, -0.2) is 42.4 Å². The topological polar surface area (TPSA) is 80.5 Å². The van der Waals surface area contributed by atoms with Crippen molar-refractivity contribution in [2.45, 2.75) is 26.3 Å². The van der Waals surface area contributed by atoms with Gasteiger partial charge in [-0.3, -0.25) is 4.79 Å². The maximum Gasteiger partial charge on any atom is 0.253 e. The molecule has 2 aromatic heterocycles. The number of pyridine rings is 1. The summed E-state index contributed by atoms with van der Waals surface area (Å²) < 4.78 is 10.5. The van der Waals surface area contributed by atoms with Crippen molar-refractivity contribution in [3.8, 4) is 0 Å². The van der Waals surface area contributed by atoms with Gasteiger partial charge in [0.05, 0.1) is 31.0 Å². The molecule has 1 amide bonds. The predicted molar refractivity (Wildman–Crippen MR) is 88.9 cm³/mol. The van der Waals surface area contributed by atoms with Crippen LogP contribution in [0.15, 0.2) is 28.9 Å². The number of hydrogen-bond donors (Lipinski definition) is 1. The monoisotopic (exact) mass is 330 g/mol. The number of amides is 1. The number of hydrogen-bond acceptors (Lipinski definition) is 6. The van der Waals surface area contributed by atoms with Crippen LogP contribution in [0.3, 0.4) is 0 Å². The molecule has 1 saturated heterocycles. The van der Waals surface area contributed by atoms with E-state index in [1.165, 1.54) is 0 Å². The van der Waals surface area contributed by atoms with Crippen LogP contribution in [0.5, 0.6) is 0 Å². The molecule has 3 heterocycles. The highest BCUT2D eigenvalue weighted by Gasteiger charge is 2.13. The molecule has 128 valence electrons. The largest absolute Gasteiger partial charge is 0.378 e. The Bertz CT molecular complexity index is 663. The first-order valence-corrected chi connectivity index (χ1v) is 8.27. The molecule has 0 aliphatic carbocycles. The maximum atomic E-state index is 12.2. The van der Waals surface area contributed by atoms with Crippen LogP contribution >= 0.6 is 0 Å². The zero-order chi connectivity index (χ0) is 16.8. The van der Waals surface area contributed by atoms with Gasteiger partial charge in [0.25, 0.3) is 5.91 Å². The summed E-state index contributed by atoms with van der Waals surface area (Å²) >= 11 is 0. The van der Waals surface area contributed by atoms with E-state index < -0.39 is 0 Å². The van der Waals surface area contributed by atoms with E-state index in [9.17, 15) is 4.79 Å². The molecule has 0 spiro atoms. The maximum absolute atomic E-state index is 12.2. The van der Waals surface area contributed by atoms with Crippen LogP contribution in [0.1, 0.15) is 35.2 Å². The van der Waals surface area contributed by atoms with Crippen molar-refractivity contribution in [1.29, 1.82) is 0 Å². The second-order valence-electron chi connectivity index (χ2n) is 5.72. The lowest BCUT2D eigenvalue weighted by atomic mass is 10.2. The summed E-state index contributed by atoms with van der Waals surface area (Å²) in [6.07, 6.45) is 3.49. The number of rotatable bonds is 6. The minimum atomic E-state index is -0.176. The Labute approximate surface area is 141 Å². The molecule has 24 heavy (non-hydrogen) atoms. The zero-order valence-corrected chi connectivity index (χ0v) is 13.8. The number of nitrogens with one attached hydrogen (secondary N) is 1. The summed E-state index contributed by atoms with van der Waals surface area (Å²) in [5.41, 5.74) is 1.44. The smallest absolute Gasteiger partial charge is 0.253 e. The van der Waals surface area contributed by atoms with Crippen LogP contribution in [0.2, 0.25) is 0 Å². The summed E-state index contributed by atoms with van der Waals surface area (Å²) in [4.78, 5) is 18.7. The number of ether oxygens (including phenoxy) is 1. The summed E-state index contributed by atoms with van der Waals surface area (Å²) in [6.45, 7) is 5.47. The summed E-state index contributed by atoms with van der Waals surface area (Å²) in [5, 5.41) is 6.79. The molecular formula is C17H22N4O3. The third-order valence-corrected chi connectivity index (χ3v) is 3.88. The van der Waals surface area contributed by atoms with E-state index in [1.54, 1.807) is 12.3 Å². The normalized spacial score (nSPS) is 14.6. The van der Waals surface area contributed by atoms with Gasteiger partial charge in [0.2, 0.25) is 0 Å². The zero-order valence-electron chi connectivity index (χ0n) is 13.8. The molecule has 0 radical (unpaired) electrons. The molecular weight excluding hydrogens is 308 g/mol. The Hall–Kier alpha value is -2.41.